The Morgan fingerprint density at radius 3 is 2.71 bits per heavy atom. The van der Waals surface area contributed by atoms with Crippen LogP contribution in [0.1, 0.15) is 25.8 Å². The second-order valence-corrected chi connectivity index (χ2v) is 4.06. The molecule has 78 valence electrons. The molecule has 0 radical (unpaired) electrons. The van der Waals surface area contributed by atoms with Gasteiger partial charge in [0.25, 0.3) is 0 Å². The summed E-state index contributed by atoms with van der Waals surface area (Å²) in [6.07, 6.45) is 2.17. The molecule has 0 amide bonds. The van der Waals surface area contributed by atoms with Crippen molar-refractivity contribution in [3.05, 3.63) is 34.9 Å². The Labute approximate surface area is 91.5 Å². The molecule has 0 aromatic heterocycles. The molecular formula is C12H18ClN. The second kappa shape index (κ2) is 6.05. The Hall–Kier alpha value is -0.530. The van der Waals surface area contributed by atoms with Gasteiger partial charge in [0.1, 0.15) is 0 Å². The first-order chi connectivity index (χ1) is 6.74. The Bertz CT molecular complexity index is 273. The van der Waals surface area contributed by atoms with E-state index in [4.69, 9.17) is 11.6 Å². The molecule has 2 heteroatoms. The zero-order chi connectivity index (χ0) is 10.4. The molecule has 1 rings (SSSR count). The van der Waals surface area contributed by atoms with E-state index in [1.807, 2.05) is 18.2 Å². The lowest BCUT2D eigenvalue weighted by atomic mass is 10.1. The highest BCUT2D eigenvalue weighted by Gasteiger charge is 2.04. The normalized spacial score (nSPS) is 12.8. The SMILES string of the molecule is CCCNC(C)Cc1ccccc1Cl. The molecular weight excluding hydrogens is 194 g/mol. The van der Waals surface area contributed by atoms with Crippen LogP contribution in [0, 0.1) is 0 Å². The molecule has 0 spiro atoms. The third-order valence-electron chi connectivity index (χ3n) is 2.23. The summed E-state index contributed by atoms with van der Waals surface area (Å²) in [7, 11) is 0. The summed E-state index contributed by atoms with van der Waals surface area (Å²) in [4.78, 5) is 0. The molecule has 1 N–H and O–H groups in total. The van der Waals surface area contributed by atoms with E-state index in [0.717, 1.165) is 18.0 Å². The summed E-state index contributed by atoms with van der Waals surface area (Å²) in [5.41, 5.74) is 1.23. The Balaban J connectivity index is 2.47. The highest BCUT2D eigenvalue weighted by Crippen LogP contribution is 2.16. The Morgan fingerprint density at radius 1 is 1.36 bits per heavy atom. The van der Waals surface area contributed by atoms with Gasteiger partial charge in [-0.15, -0.1) is 0 Å². The second-order valence-electron chi connectivity index (χ2n) is 3.65. The van der Waals surface area contributed by atoms with Crippen LogP contribution < -0.4 is 5.32 Å². The number of benzene rings is 1. The average Bonchev–Trinajstić information content (AvgIpc) is 2.18. The van der Waals surface area contributed by atoms with Crippen molar-refractivity contribution >= 4 is 11.6 Å². The van der Waals surface area contributed by atoms with Crippen LogP contribution in [0.2, 0.25) is 5.02 Å². The number of hydrogen-bond acceptors (Lipinski definition) is 1. The number of hydrogen-bond donors (Lipinski definition) is 1. The van der Waals surface area contributed by atoms with Gasteiger partial charge in [0.05, 0.1) is 0 Å². The highest BCUT2D eigenvalue weighted by molar-refractivity contribution is 6.31. The lowest BCUT2D eigenvalue weighted by molar-refractivity contribution is 0.543. The van der Waals surface area contributed by atoms with Crippen LogP contribution >= 0.6 is 11.6 Å². The van der Waals surface area contributed by atoms with Crippen molar-refractivity contribution in [2.75, 3.05) is 6.54 Å². The summed E-state index contributed by atoms with van der Waals surface area (Å²) in [5, 5.41) is 4.32. The monoisotopic (exact) mass is 211 g/mol. The van der Waals surface area contributed by atoms with Gasteiger partial charge in [-0.2, -0.15) is 0 Å². The highest BCUT2D eigenvalue weighted by atomic mass is 35.5. The predicted octanol–water partition coefficient (Wildman–Crippen LogP) is 3.27. The molecule has 0 saturated carbocycles. The fraction of sp³-hybridized carbons (Fsp3) is 0.500. The van der Waals surface area contributed by atoms with Crippen molar-refractivity contribution in [2.24, 2.45) is 0 Å². The van der Waals surface area contributed by atoms with Gasteiger partial charge in [-0.25, -0.2) is 0 Å². The standard InChI is InChI=1S/C12H18ClN/c1-3-8-14-10(2)9-11-6-4-5-7-12(11)13/h4-7,10,14H,3,8-9H2,1-2H3. The minimum Gasteiger partial charge on any atom is -0.314 e. The molecule has 14 heavy (non-hydrogen) atoms. The maximum atomic E-state index is 6.07. The van der Waals surface area contributed by atoms with Crippen molar-refractivity contribution in [3.8, 4) is 0 Å². The van der Waals surface area contributed by atoms with Crippen LogP contribution in [0.4, 0.5) is 0 Å². The summed E-state index contributed by atoms with van der Waals surface area (Å²) < 4.78 is 0. The first-order valence-corrected chi connectivity index (χ1v) is 5.58. The molecule has 1 atom stereocenters. The fourth-order valence-corrected chi connectivity index (χ4v) is 1.67. The molecule has 1 unspecified atom stereocenters. The molecule has 0 aliphatic heterocycles. The fourth-order valence-electron chi connectivity index (χ4n) is 1.46. The molecule has 1 aromatic carbocycles. The summed E-state index contributed by atoms with van der Waals surface area (Å²) in [5.74, 6) is 0. The van der Waals surface area contributed by atoms with Crippen molar-refractivity contribution in [1.29, 1.82) is 0 Å². The van der Waals surface area contributed by atoms with E-state index < -0.39 is 0 Å². The van der Waals surface area contributed by atoms with Crippen LogP contribution in [-0.4, -0.2) is 12.6 Å². The minimum atomic E-state index is 0.495. The van der Waals surface area contributed by atoms with Gasteiger partial charge in [0.2, 0.25) is 0 Å². The van der Waals surface area contributed by atoms with Crippen LogP contribution in [-0.2, 0) is 6.42 Å². The van der Waals surface area contributed by atoms with Gasteiger partial charge in [-0.3, -0.25) is 0 Å². The van der Waals surface area contributed by atoms with Crippen LogP contribution in [0.25, 0.3) is 0 Å². The van der Waals surface area contributed by atoms with Crippen molar-refractivity contribution in [3.63, 3.8) is 0 Å². The molecule has 1 aromatic rings. The van der Waals surface area contributed by atoms with Gasteiger partial charge in [0, 0.05) is 11.1 Å². The Kier molecular flexibility index (Phi) is 4.99. The summed E-state index contributed by atoms with van der Waals surface area (Å²) in [6.45, 7) is 5.44. The molecule has 0 heterocycles. The first-order valence-electron chi connectivity index (χ1n) is 5.20. The molecule has 0 aliphatic rings. The largest absolute Gasteiger partial charge is 0.314 e. The van der Waals surface area contributed by atoms with E-state index in [1.54, 1.807) is 0 Å². The zero-order valence-corrected chi connectivity index (χ0v) is 9.64. The van der Waals surface area contributed by atoms with Crippen molar-refractivity contribution in [2.45, 2.75) is 32.7 Å². The Morgan fingerprint density at radius 2 is 2.07 bits per heavy atom. The molecule has 0 saturated heterocycles. The maximum Gasteiger partial charge on any atom is 0.0438 e. The van der Waals surface area contributed by atoms with Crippen molar-refractivity contribution in [1.82, 2.24) is 5.32 Å². The van der Waals surface area contributed by atoms with Gasteiger partial charge in [-0.1, -0.05) is 36.7 Å². The van der Waals surface area contributed by atoms with Gasteiger partial charge < -0.3 is 5.32 Å². The van der Waals surface area contributed by atoms with Gasteiger partial charge in [-0.05, 0) is 37.9 Å². The van der Waals surface area contributed by atoms with E-state index in [0.29, 0.717) is 6.04 Å². The molecule has 0 bridgehead atoms. The predicted molar refractivity (Wildman–Crippen MR) is 62.9 cm³/mol. The van der Waals surface area contributed by atoms with E-state index >= 15 is 0 Å². The first kappa shape index (κ1) is 11.5. The molecule has 0 aliphatic carbocycles. The summed E-state index contributed by atoms with van der Waals surface area (Å²) in [6, 6.07) is 8.54. The average molecular weight is 212 g/mol. The summed E-state index contributed by atoms with van der Waals surface area (Å²) >= 11 is 6.07. The molecule has 0 fully saturated rings. The van der Waals surface area contributed by atoms with Gasteiger partial charge >= 0.3 is 0 Å². The van der Waals surface area contributed by atoms with Crippen LogP contribution in [0.5, 0.6) is 0 Å². The number of rotatable bonds is 5. The topological polar surface area (TPSA) is 12.0 Å². The third-order valence-corrected chi connectivity index (χ3v) is 2.60. The molecule has 1 nitrogen and oxygen atoms in total. The van der Waals surface area contributed by atoms with Crippen molar-refractivity contribution < 1.29 is 0 Å². The van der Waals surface area contributed by atoms with Crippen LogP contribution in [0.3, 0.4) is 0 Å². The van der Waals surface area contributed by atoms with E-state index in [2.05, 4.69) is 25.2 Å². The van der Waals surface area contributed by atoms with E-state index in [1.165, 1.54) is 12.0 Å². The minimum absolute atomic E-state index is 0.495. The third kappa shape index (κ3) is 3.69. The zero-order valence-electron chi connectivity index (χ0n) is 8.89. The maximum absolute atomic E-state index is 6.07. The smallest absolute Gasteiger partial charge is 0.0438 e. The number of halogens is 1. The van der Waals surface area contributed by atoms with Crippen LogP contribution in [0.15, 0.2) is 24.3 Å². The van der Waals surface area contributed by atoms with E-state index in [9.17, 15) is 0 Å². The number of nitrogens with one attached hydrogen (secondary N) is 1. The lowest BCUT2D eigenvalue weighted by Gasteiger charge is -2.13. The quantitative estimate of drug-likeness (QED) is 0.789. The lowest BCUT2D eigenvalue weighted by Crippen LogP contribution is -2.28. The van der Waals surface area contributed by atoms with Gasteiger partial charge in [0.15, 0.2) is 0 Å². The van der Waals surface area contributed by atoms with E-state index in [-0.39, 0.29) is 0 Å².